The molecule has 0 amide bonds. The van der Waals surface area contributed by atoms with E-state index in [9.17, 15) is 4.79 Å². The number of allylic oxidation sites excluding steroid dienone is 1. The SMILES string of the molecule is [2H]C([2H])([2H])SC1=CC(=O)CS1. The largest absolute Gasteiger partial charge is 0.294 e. The highest BCUT2D eigenvalue weighted by molar-refractivity contribution is 8.22. The van der Waals surface area contributed by atoms with Gasteiger partial charge in [0, 0.05) is 14.4 Å². The lowest BCUT2D eigenvalue weighted by atomic mass is 10.5. The van der Waals surface area contributed by atoms with Gasteiger partial charge in [0.05, 0.1) is 5.75 Å². The number of carbonyl (C=O) groups is 1. The van der Waals surface area contributed by atoms with E-state index in [2.05, 4.69) is 0 Å². The molecule has 1 aliphatic heterocycles. The fraction of sp³-hybridized carbons (Fsp3) is 0.400. The second-order valence-electron chi connectivity index (χ2n) is 1.32. The number of rotatable bonds is 1. The van der Waals surface area contributed by atoms with Gasteiger partial charge in [-0.1, -0.05) is 0 Å². The summed E-state index contributed by atoms with van der Waals surface area (Å²) in [6, 6.07) is 0. The number of hydrogen-bond donors (Lipinski definition) is 0. The molecule has 0 atom stereocenters. The van der Waals surface area contributed by atoms with E-state index in [0.29, 0.717) is 9.99 Å². The predicted molar refractivity (Wildman–Crippen MR) is 39.1 cm³/mol. The van der Waals surface area contributed by atoms with E-state index >= 15 is 0 Å². The summed E-state index contributed by atoms with van der Waals surface area (Å²) in [5.74, 6) is 0.389. The van der Waals surface area contributed by atoms with Crippen molar-refractivity contribution in [2.24, 2.45) is 0 Å². The zero-order chi connectivity index (χ0) is 8.48. The summed E-state index contributed by atoms with van der Waals surface area (Å²) in [6.07, 6.45) is -0.634. The third kappa shape index (κ3) is 1.29. The Morgan fingerprint density at radius 2 is 3.00 bits per heavy atom. The zero-order valence-corrected chi connectivity index (χ0v) is 5.64. The number of hydrogen-bond acceptors (Lipinski definition) is 3. The van der Waals surface area contributed by atoms with Crippen molar-refractivity contribution in [3.05, 3.63) is 10.3 Å². The van der Waals surface area contributed by atoms with Crippen molar-refractivity contribution in [1.29, 1.82) is 0 Å². The van der Waals surface area contributed by atoms with Gasteiger partial charge in [-0.05, 0) is 6.18 Å². The van der Waals surface area contributed by atoms with Gasteiger partial charge >= 0.3 is 0 Å². The molecule has 1 heterocycles. The first-order valence-electron chi connectivity index (χ1n) is 3.54. The van der Waals surface area contributed by atoms with Crippen LogP contribution in [0.4, 0.5) is 0 Å². The highest BCUT2D eigenvalue weighted by Crippen LogP contribution is 2.30. The van der Waals surface area contributed by atoms with Gasteiger partial charge in [-0.2, -0.15) is 0 Å². The van der Waals surface area contributed by atoms with Crippen LogP contribution in [0.25, 0.3) is 0 Å². The van der Waals surface area contributed by atoms with Crippen molar-refractivity contribution in [3.8, 4) is 0 Å². The minimum atomic E-state index is -2.02. The Morgan fingerprint density at radius 1 is 2.12 bits per heavy atom. The third-order valence-electron chi connectivity index (χ3n) is 0.736. The van der Waals surface area contributed by atoms with Crippen molar-refractivity contribution in [1.82, 2.24) is 0 Å². The number of thioether (sulfide) groups is 2. The summed E-state index contributed by atoms with van der Waals surface area (Å²) in [5, 5.41) is 0. The van der Waals surface area contributed by atoms with Crippen LogP contribution in [0.1, 0.15) is 4.11 Å². The first-order valence-corrected chi connectivity index (χ1v) is 3.84. The smallest absolute Gasteiger partial charge is 0.167 e. The molecular weight excluding hydrogens is 140 g/mol. The molecule has 1 rings (SSSR count). The lowest BCUT2D eigenvalue weighted by Crippen LogP contribution is -1.86. The molecule has 3 heteroatoms. The molecule has 0 bridgehead atoms. The van der Waals surface area contributed by atoms with Crippen LogP contribution in [0.15, 0.2) is 10.3 Å². The molecule has 0 unspecified atom stereocenters. The van der Waals surface area contributed by atoms with Gasteiger partial charge in [0.2, 0.25) is 0 Å². The molecular formula is C5H6OS2. The van der Waals surface area contributed by atoms with Crippen molar-refractivity contribution in [2.45, 2.75) is 0 Å². The van der Waals surface area contributed by atoms with Gasteiger partial charge in [0.15, 0.2) is 5.78 Å². The highest BCUT2D eigenvalue weighted by atomic mass is 32.2. The van der Waals surface area contributed by atoms with Crippen LogP contribution in [-0.2, 0) is 4.79 Å². The standard InChI is InChI=1S/C5H6OS2/c1-7-5-2-4(6)3-8-5/h2H,3H2,1H3/i1D3. The van der Waals surface area contributed by atoms with E-state index in [-0.39, 0.29) is 5.78 Å². The molecule has 1 nitrogen and oxygen atoms in total. The van der Waals surface area contributed by atoms with Gasteiger partial charge in [0.1, 0.15) is 0 Å². The van der Waals surface area contributed by atoms with E-state index in [1.54, 1.807) is 0 Å². The van der Waals surface area contributed by atoms with Crippen molar-refractivity contribution in [3.63, 3.8) is 0 Å². The Bertz CT molecular complexity index is 208. The van der Waals surface area contributed by atoms with Crippen LogP contribution in [0, 0.1) is 0 Å². The molecule has 0 aromatic carbocycles. The van der Waals surface area contributed by atoms with Crippen LogP contribution in [0.3, 0.4) is 0 Å². The van der Waals surface area contributed by atoms with E-state index in [0.717, 1.165) is 11.8 Å². The van der Waals surface area contributed by atoms with Crippen LogP contribution in [0.2, 0.25) is 0 Å². The molecule has 0 fully saturated rings. The normalized spacial score (nSPS) is 26.2. The molecule has 1 aliphatic rings. The molecule has 0 saturated heterocycles. The average molecular weight is 149 g/mol. The van der Waals surface area contributed by atoms with Crippen molar-refractivity contribution < 1.29 is 8.91 Å². The lowest BCUT2D eigenvalue weighted by Gasteiger charge is -1.87. The molecule has 0 radical (unpaired) electrons. The van der Waals surface area contributed by atoms with Crippen LogP contribution >= 0.6 is 23.5 Å². The second-order valence-corrected chi connectivity index (χ2v) is 3.24. The van der Waals surface area contributed by atoms with Gasteiger partial charge in [0.25, 0.3) is 0 Å². The van der Waals surface area contributed by atoms with Gasteiger partial charge in [-0.25, -0.2) is 0 Å². The van der Waals surface area contributed by atoms with Crippen LogP contribution < -0.4 is 0 Å². The maximum atomic E-state index is 10.6. The van der Waals surface area contributed by atoms with E-state index in [1.165, 1.54) is 17.8 Å². The molecule has 8 heavy (non-hydrogen) atoms. The monoisotopic (exact) mass is 149 g/mol. The summed E-state index contributed by atoms with van der Waals surface area (Å²) in [6.45, 7) is 0. The molecule has 0 saturated carbocycles. The summed E-state index contributed by atoms with van der Waals surface area (Å²) < 4.78 is 21.3. The first-order chi connectivity index (χ1) is 4.97. The third-order valence-corrected chi connectivity index (χ3v) is 2.49. The number of carbonyl (C=O) groups excluding carboxylic acids is 1. The summed E-state index contributed by atoms with van der Waals surface area (Å²) >= 11 is 2.06. The average Bonchev–Trinajstić information content (AvgIpc) is 2.10. The van der Waals surface area contributed by atoms with Crippen LogP contribution in [-0.4, -0.2) is 17.7 Å². The quantitative estimate of drug-likeness (QED) is 0.562. The summed E-state index contributed by atoms with van der Waals surface area (Å²) in [7, 11) is 0. The summed E-state index contributed by atoms with van der Waals surface area (Å²) in [5.41, 5.74) is 0. The Balaban J connectivity index is 2.51. The van der Waals surface area contributed by atoms with Crippen molar-refractivity contribution >= 4 is 29.3 Å². The minimum absolute atomic E-state index is 0.00162. The van der Waals surface area contributed by atoms with Crippen molar-refractivity contribution in [2.75, 3.05) is 11.9 Å². The first kappa shape index (κ1) is 3.32. The highest BCUT2D eigenvalue weighted by Gasteiger charge is 2.10. The van der Waals surface area contributed by atoms with E-state index in [1.807, 2.05) is 0 Å². The maximum absolute atomic E-state index is 10.6. The fourth-order valence-electron chi connectivity index (χ4n) is 0.416. The summed E-state index contributed by atoms with van der Waals surface area (Å²) in [4.78, 5) is 10.6. The predicted octanol–water partition coefficient (Wildman–Crippen LogP) is 1.51. The van der Waals surface area contributed by atoms with Crippen LogP contribution in [0.5, 0.6) is 0 Å². The number of ketones is 1. The Labute approximate surface area is 61.1 Å². The van der Waals surface area contributed by atoms with E-state index < -0.39 is 6.18 Å². The van der Waals surface area contributed by atoms with E-state index in [4.69, 9.17) is 4.11 Å². The van der Waals surface area contributed by atoms with Gasteiger partial charge in [-0.15, -0.1) is 23.5 Å². The van der Waals surface area contributed by atoms with Gasteiger partial charge < -0.3 is 0 Å². The Morgan fingerprint density at radius 3 is 3.50 bits per heavy atom. The van der Waals surface area contributed by atoms with Gasteiger partial charge in [-0.3, -0.25) is 4.79 Å². The molecule has 0 N–H and O–H groups in total. The molecule has 0 aliphatic carbocycles. The molecule has 0 aromatic heterocycles. The minimum Gasteiger partial charge on any atom is -0.294 e. The Hall–Kier alpha value is 0.110. The lowest BCUT2D eigenvalue weighted by molar-refractivity contribution is -0.112. The Kier molecular flexibility index (Phi) is 1.08. The molecule has 0 spiro atoms. The topological polar surface area (TPSA) is 17.1 Å². The fourth-order valence-corrected chi connectivity index (χ4v) is 1.60. The molecule has 0 aromatic rings. The zero-order valence-electron chi connectivity index (χ0n) is 7.01. The second kappa shape index (κ2) is 2.60. The molecule has 44 valence electrons. The maximum Gasteiger partial charge on any atom is 0.167 e.